The molecule has 0 saturated carbocycles. The summed E-state index contributed by atoms with van der Waals surface area (Å²) in [7, 11) is 0. The van der Waals surface area contributed by atoms with Gasteiger partial charge < -0.3 is 10.1 Å². The van der Waals surface area contributed by atoms with Crippen molar-refractivity contribution in [3.63, 3.8) is 0 Å². The second kappa shape index (κ2) is 6.87. The standard InChI is InChI=1S/C15H14BrNO3S/c1-3-20-15(19)11-7-8-21-14(11)17-13(18)10-5-4-6-12(16)9(10)2/h4-8H,3H2,1-2H3,(H,17,18). The Morgan fingerprint density at radius 2 is 2.05 bits per heavy atom. The van der Waals surface area contributed by atoms with Crippen molar-refractivity contribution >= 4 is 44.1 Å². The number of hydrogen-bond donors (Lipinski definition) is 1. The number of carbonyl (C=O) groups is 2. The summed E-state index contributed by atoms with van der Waals surface area (Å²) < 4.78 is 5.83. The Kier molecular flexibility index (Phi) is 5.14. The molecule has 2 rings (SSSR count). The number of ether oxygens (including phenoxy) is 1. The lowest BCUT2D eigenvalue weighted by molar-refractivity contribution is 0.0528. The van der Waals surface area contributed by atoms with E-state index >= 15 is 0 Å². The van der Waals surface area contributed by atoms with Crippen molar-refractivity contribution in [3.05, 3.63) is 50.8 Å². The fraction of sp³-hybridized carbons (Fsp3) is 0.200. The monoisotopic (exact) mass is 367 g/mol. The molecule has 0 fully saturated rings. The van der Waals surface area contributed by atoms with Gasteiger partial charge in [0.2, 0.25) is 0 Å². The fourth-order valence-electron chi connectivity index (χ4n) is 1.80. The van der Waals surface area contributed by atoms with Gasteiger partial charge in [0.25, 0.3) is 5.91 Å². The number of rotatable bonds is 4. The van der Waals surface area contributed by atoms with Gasteiger partial charge in [0, 0.05) is 10.0 Å². The number of esters is 1. The molecule has 1 amide bonds. The molecule has 1 heterocycles. The number of carbonyl (C=O) groups excluding carboxylic acids is 2. The number of anilines is 1. The van der Waals surface area contributed by atoms with E-state index < -0.39 is 5.97 Å². The molecule has 0 radical (unpaired) electrons. The third-order valence-corrected chi connectivity index (χ3v) is 4.59. The van der Waals surface area contributed by atoms with Gasteiger partial charge in [0.05, 0.1) is 12.2 Å². The van der Waals surface area contributed by atoms with Crippen LogP contribution in [0, 0.1) is 6.92 Å². The summed E-state index contributed by atoms with van der Waals surface area (Å²) in [6.07, 6.45) is 0. The second-order valence-electron chi connectivity index (χ2n) is 4.25. The fourth-order valence-corrected chi connectivity index (χ4v) is 2.94. The number of amides is 1. The molecule has 0 bridgehead atoms. The second-order valence-corrected chi connectivity index (χ2v) is 6.02. The summed E-state index contributed by atoms with van der Waals surface area (Å²) in [5.41, 5.74) is 1.79. The Balaban J connectivity index is 2.23. The molecule has 0 unspecified atom stereocenters. The molecule has 6 heteroatoms. The van der Waals surface area contributed by atoms with Crippen molar-refractivity contribution in [1.82, 2.24) is 0 Å². The lowest BCUT2D eigenvalue weighted by Gasteiger charge is -2.09. The third-order valence-electron chi connectivity index (χ3n) is 2.90. The predicted molar refractivity (Wildman–Crippen MR) is 87.1 cm³/mol. The Bertz CT molecular complexity index is 681. The van der Waals surface area contributed by atoms with Crippen molar-refractivity contribution in [3.8, 4) is 0 Å². The van der Waals surface area contributed by atoms with E-state index in [0.29, 0.717) is 22.7 Å². The Labute approximate surface area is 135 Å². The average Bonchev–Trinajstić information content (AvgIpc) is 2.90. The van der Waals surface area contributed by atoms with Crippen LogP contribution in [0.3, 0.4) is 0 Å². The van der Waals surface area contributed by atoms with Crippen LogP contribution >= 0.6 is 27.3 Å². The lowest BCUT2D eigenvalue weighted by atomic mass is 10.1. The zero-order valence-electron chi connectivity index (χ0n) is 11.6. The zero-order valence-corrected chi connectivity index (χ0v) is 14.0. The van der Waals surface area contributed by atoms with E-state index in [1.165, 1.54) is 11.3 Å². The minimum absolute atomic E-state index is 0.248. The Morgan fingerprint density at radius 3 is 2.76 bits per heavy atom. The Hall–Kier alpha value is -1.66. The molecule has 0 saturated heterocycles. The minimum Gasteiger partial charge on any atom is -0.462 e. The first-order valence-corrected chi connectivity index (χ1v) is 8.03. The molecule has 0 aliphatic rings. The highest BCUT2D eigenvalue weighted by molar-refractivity contribution is 9.10. The summed E-state index contributed by atoms with van der Waals surface area (Å²) >= 11 is 4.69. The van der Waals surface area contributed by atoms with Gasteiger partial charge in [0.1, 0.15) is 5.00 Å². The van der Waals surface area contributed by atoms with Crippen LogP contribution in [0.2, 0.25) is 0 Å². The summed E-state index contributed by atoms with van der Waals surface area (Å²) in [4.78, 5) is 24.1. The van der Waals surface area contributed by atoms with Crippen LogP contribution in [0.5, 0.6) is 0 Å². The maximum atomic E-state index is 12.3. The van der Waals surface area contributed by atoms with Gasteiger partial charge in [0.15, 0.2) is 0 Å². The van der Waals surface area contributed by atoms with Gasteiger partial charge in [-0.25, -0.2) is 4.79 Å². The van der Waals surface area contributed by atoms with Gasteiger partial charge in [-0.15, -0.1) is 11.3 Å². The maximum Gasteiger partial charge on any atom is 0.341 e. The molecule has 21 heavy (non-hydrogen) atoms. The van der Waals surface area contributed by atoms with E-state index in [1.54, 1.807) is 30.5 Å². The van der Waals surface area contributed by atoms with Crippen molar-refractivity contribution in [2.24, 2.45) is 0 Å². The number of thiophene rings is 1. The van der Waals surface area contributed by atoms with Crippen LogP contribution in [0.4, 0.5) is 5.00 Å². The van der Waals surface area contributed by atoms with Gasteiger partial charge in [-0.3, -0.25) is 4.79 Å². The first-order valence-electron chi connectivity index (χ1n) is 6.35. The molecule has 1 N–H and O–H groups in total. The van der Waals surface area contributed by atoms with Gasteiger partial charge >= 0.3 is 5.97 Å². The molecule has 4 nitrogen and oxygen atoms in total. The number of halogens is 1. The predicted octanol–water partition coefficient (Wildman–Crippen LogP) is 4.25. The normalized spacial score (nSPS) is 10.2. The molecule has 0 aliphatic heterocycles. The molecule has 110 valence electrons. The largest absolute Gasteiger partial charge is 0.462 e. The smallest absolute Gasteiger partial charge is 0.341 e. The molecule has 1 aromatic carbocycles. The number of nitrogens with one attached hydrogen (secondary N) is 1. The van der Waals surface area contributed by atoms with Gasteiger partial charge in [-0.2, -0.15) is 0 Å². The highest BCUT2D eigenvalue weighted by Crippen LogP contribution is 2.26. The molecule has 0 spiro atoms. The van der Waals surface area contributed by atoms with Crippen molar-refractivity contribution < 1.29 is 14.3 Å². The summed E-state index contributed by atoms with van der Waals surface area (Å²) in [6, 6.07) is 7.06. The van der Waals surface area contributed by atoms with E-state index in [9.17, 15) is 9.59 Å². The molecular formula is C15H14BrNO3S. The molecule has 1 aromatic heterocycles. The highest BCUT2D eigenvalue weighted by atomic mass is 79.9. The summed E-state index contributed by atoms with van der Waals surface area (Å²) in [5, 5.41) is 5.02. The molecule has 0 aliphatic carbocycles. The molecule has 0 atom stereocenters. The summed E-state index contributed by atoms with van der Waals surface area (Å²) in [5.74, 6) is -0.679. The van der Waals surface area contributed by atoms with Crippen LogP contribution in [0.15, 0.2) is 34.1 Å². The maximum absolute atomic E-state index is 12.3. The van der Waals surface area contributed by atoms with Crippen molar-refractivity contribution in [2.75, 3.05) is 11.9 Å². The van der Waals surface area contributed by atoms with Crippen molar-refractivity contribution in [2.45, 2.75) is 13.8 Å². The molecule has 2 aromatic rings. The van der Waals surface area contributed by atoms with Crippen molar-refractivity contribution in [1.29, 1.82) is 0 Å². The first-order chi connectivity index (χ1) is 10.0. The number of benzene rings is 1. The topological polar surface area (TPSA) is 55.4 Å². The quantitative estimate of drug-likeness (QED) is 0.821. The van der Waals surface area contributed by atoms with Crippen LogP contribution in [0.1, 0.15) is 33.2 Å². The van der Waals surface area contributed by atoms with E-state index in [2.05, 4.69) is 21.2 Å². The highest BCUT2D eigenvalue weighted by Gasteiger charge is 2.18. The van der Waals surface area contributed by atoms with Crippen LogP contribution in [0.25, 0.3) is 0 Å². The Morgan fingerprint density at radius 1 is 1.29 bits per heavy atom. The average molecular weight is 368 g/mol. The molecular weight excluding hydrogens is 354 g/mol. The third kappa shape index (κ3) is 3.51. The SMILES string of the molecule is CCOC(=O)c1ccsc1NC(=O)c1cccc(Br)c1C. The number of hydrogen-bond acceptors (Lipinski definition) is 4. The van der Waals surface area contributed by atoms with Gasteiger partial charge in [-0.1, -0.05) is 22.0 Å². The van der Waals surface area contributed by atoms with E-state index in [0.717, 1.165) is 10.0 Å². The lowest BCUT2D eigenvalue weighted by Crippen LogP contribution is -2.15. The van der Waals surface area contributed by atoms with E-state index in [1.807, 2.05) is 13.0 Å². The first kappa shape index (κ1) is 15.7. The van der Waals surface area contributed by atoms with Crippen LogP contribution < -0.4 is 5.32 Å². The van der Waals surface area contributed by atoms with Crippen LogP contribution in [-0.4, -0.2) is 18.5 Å². The summed E-state index contributed by atoms with van der Waals surface area (Å²) in [6.45, 7) is 3.90. The minimum atomic E-state index is -0.431. The zero-order chi connectivity index (χ0) is 15.4. The van der Waals surface area contributed by atoms with Crippen LogP contribution in [-0.2, 0) is 4.74 Å². The van der Waals surface area contributed by atoms with E-state index in [-0.39, 0.29) is 5.91 Å². The van der Waals surface area contributed by atoms with E-state index in [4.69, 9.17) is 4.74 Å². The van der Waals surface area contributed by atoms with Gasteiger partial charge in [-0.05, 0) is 43.0 Å².